The second-order valence-electron chi connectivity index (χ2n) is 8.62. The molecule has 0 aromatic heterocycles. The lowest BCUT2D eigenvalue weighted by molar-refractivity contribution is 0.527. The zero-order valence-corrected chi connectivity index (χ0v) is 15.2. The van der Waals surface area contributed by atoms with E-state index in [0.29, 0.717) is 11.1 Å². The highest BCUT2D eigenvalue weighted by atomic mass is 14.3. The Bertz CT molecular complexity index is 933. The Hall–Kier alpha value is -2.58. The molecule has 0 bridgehead atoms. The van der Waals surface area contributed by atoms with E-state index in [1.54, 1.807) is 0 Å². The van der Waals surface area contributed by atoms with E-state index < -0.39 is 0 Å². The van der Waals surface area contributed by atoms with Crippen LogP contribution in [0.1, 0.15) is 63.8 Å². The molecule has 1 aromatic rings. The Balaban J connectivity index is 2.41. The highest BCUT2D eigenvalue weighted by Gasteiger charge is 2.27. The quantitative estimate of drug-likeness (QED) is 0.729. The van der Waals surface area contributed by atoms with Crippen LogP contribution in [0.2, 0.25) is 0 Å². The molecule has 2 aliphatic carbocycles. The molecule has 2 heteroatoms. The lowest BCUT2D eigenvalue weighted by Gasteiger charge is -2.18. The molecule has 0 spiro atoms. The second kappa shape index (κ2) is 4.96. The minimum absolute atomic E-state index is 0.0148. The van der Waals surface area contributed by atoms with Gasteiger partial charge in [0, 0.05) is 21.6 Å². The summed E-state index contributed by atoms with van der Waals surface area (Å²) in [6.45, 7) is 12.9. The molecule has 0 amide bonds. The Kier molecular flexibility index (Phi) is 3.36. The highest BCUT2D eigenvalue weighted by molar-refractivity contribution is 5.86. The van der Waals surface area contributed by atoms with Crippen molar-refractivity contribution >= 4 is 24.3 Å². The van der Waals surface area contributed by atoms with E-state index in [1.807, 2.05) is 0 Å². The summed E-state index contributed by atoms with van der Waals surface area (Å²) in [5.41, 5.74) is 5.46. The van der Waals surface area contributed by atoms with Crippen LogP contribution < -0.4 is 10.4 Å². The first-order valence-corrected chi connectivity index (χ1v) is 8.26. The molecule has 0 radical (unpaired) electrons. The van der Waals surface area contributed by atoms with Crippen LogP contribution in [0.15, 0.2) is 11.1 Å². The van der Waals surface area contributed by atoms with Gasteiger partial charge in [0.25, 0.3) is 0 Å². The minimum atomic E-state index is -0.0148. The molecule has 0 aliphatic heterocycles. The zero-order valence-electron chi connectivity index (χ0n) is 15.2. The summed E-state index contributed by atoms with van der Waals surface area (Å²) in [4.78, 5) is 0. The molecule has 0 saturated heterocycles. The normalized spacial score (nSPS) is 15.3. The van der Waals surface area contributed by atoms with Crippen molar-refractivity contribution in [1.82, 2.24) is 0 Å². The second-order valence-corrected chi connectivity index (χ2v) is 8.62. The number of benzene rings is 1. The number of nitriles is 2. The Labute approximate surface area is 143 Å². The third-order valence-corrected chi connectivity index (χ3v) is 4.81. The van der Waals surface area contributed by atoms with Gasteiger partial charge in [-0.1, -0.05) is 41.5 Å². The molecule has 2 nitrogen and oxygen atoms in total. The van der Waals surface area contributed by atoms with Crippen LogP contribution in [-0.2, 0) is 0 Å². The first kappa shape index (κ1) is 16.3. The van der Waals surface area contributed by atoms with E-state index in [0.717, 1.165) is 32.7 Å². The van der Waals surface area contributed by atoms with Crippen molar-refractivity contribution in [3.05, 3.63) is 43.8 Å². The number of nitrogens with zero attached hydrogens (tertiary/aromatic N) is 2. The van der Waals surface area contributed by atoms with Crippen LogP contribution in [0.5, 0.6) is 0 Å². The fraction of sp³-hybridized carbons (Fsp3) is 0.364. The number of hydrogen-bond acceptors (Lipinski definition) is 2. The van der Waals surface area contributed by atoms with Crippen molar-refractivity contribution in [1.29, 1.82) is 10.5 Å². The van der Waals surface area contributed by atoms with Crippen LogP contribution in [-0.4, -0.2) is 0 Å². The van der Waals surface area contributed by atoms with Crippen LogP contribution in [0.4, 0.5) is 0 Å². The van der Waals surface area contributed by atoms with Crippen LogP contribution in [0.25, 0.3) is 24.3 Å². The van der Waals surface area contributed by atoms with Gasteiger partial charge >= 0.3 is 0 Å². The number of hydrogen-bond donors (Lipinski definition) is 0. The summed E-state index contributed by atoms with van der Waals surface area (Å²) in [6.07, 6.45) is 8.33. The van der Waals surface area contributed by atoms with E-state index in [2.05, 4.69) is 78.0 Å². The van der Waals surface area contributed by atoms with Gasteiger partial charge in [-0.15, -0.1) is 0 Å². The Morgan fingerprint density at radius 3 is 1.21 bits per heavy atom. The van der Waals surface area contributed by atoms with Gasteiger partial charge in [0.2, 0.25) is 0 Å². The first-order valence-electron chi connectivity index (χ1n) is 8.26. The van der Waals surface area contributed by atoms with Gasteiger partial charge < -0.3 is 0 Å². The lowest BCUT2D eigenvalue weighted by Crippen LogP contribution is -2.23. The number of rotatable bonds is 0. The number of fused-ring (bicyclic) bond motifs is 2. The van der Waals surface area contributed by atoms with E-state index in [9.17, 15) is 10.5 Å². The SMILES string of the molecule is CC(C)(C)C1=Cc2c(C#N)c3c(c(C#N)c2=C1)C=C(C(C)(C)C)C=3. The average Bonchev–Trinajstić information content (AvgIpc) is 3.07. The highest BCUT2D eigenvalue weighted by Crippen LogP contribution is 2.34. The summed E-state index contributed by atoms with van der Waals surface area (Å²) in [5.74, 6) is 0. The van der Waals surface area contributed by atoms with Crippen LogP contribution in [0.3, 0.4) is 0 Å². The summed E-state index contributed by atoms with van der Waals surface area (Å²) in [7, 11) is 0. The topological polar surface area (TPSA) is 47.6 Å². The predicted molar refractivity (Wildman–Crippen MR) is 98.9 cm³/mol. The van der Waals surface area contributed by atoms with Gasteiger partial charge in [0.05, 0.1) is 11.1 Å². The molecule has 0 fully saturated rings. The third-order valence-electron chi connectivity index (χ3n) is 4.81. The van der Waals surface area contributed by atoms with E-state index >= 15 is 0 Å². The Morgan fingerprint density at radius 1 is 0.625 bits per heavy atom. The van der Waals surface area contributed by atoms with Gasteiger partial charge in [0.15, 0.2) is 0 Å². The summed E-state index contributed by atoms with van der Waals surface area (Å²) in [6, 6.07) is 4.77. The molecule has 0 unspecified atom stereocenters. The molecule has 0 atom stereocenters. The molecule has 0 N–H and O–H groups in total. The molecular formula is C22H22N2. The van der Waals surface area contributed by atoms with Gasteiger partial charge in [-0.3, -0.25) is 0 Å². The maximum atomic E-state index is 9.79. The van der Waals surface area contributed by atoms with Crippen molar-refractivity contribution < 1.29 is 0 Å². The summed E-state index contributed by atoms with van der Waals surface area (Å²) in [5, 5.41) is 21.4. The Morgan fingerprint density at radius 2 is 0.958 bits per heavy atom. The molecule has 1 aromatic carbocycles. The van der Waals surface area contributed by atoms with Crippen molar-refractivity contribution in [3.8, 4) is 12.1 Å². The smallest absolute Gasteiger partial charge is 0.100 e. The van der Waals surface area contributed by atoms with Gasteiger partial charge in [-0.2, -0.15) is 10.5 Å². The third kappa shape index (κ3) is 2.31. The maximum Gasteiger partial charge on any atom is 0.100 e. The van der Waals surface area contributed by atoms with Gasteiger partial charge in [-0.25, -0.2) is 0 Å². The van der Waals surface area contributed by atoms with Crippen LogP contribution in [0, 0.1) is 33.5 Å². The zero-order chi connectivity index (χ0) is 17.9. The fourth-order valence-electron chi connectivity index (χ4n) is 3.24. The van der Waals surface area contributed by atoms with E-state index in [4.69, 9.17) is 0 Å². The van der Waals surface area contributed by atoms with Crippen molar-refractivity contribution in [2.45, 2.75) is 41.5 Å². The molecular weight excluding hydrogens is 292 g/mol. The standard InChI is InChI=1S/C22H22N2/c1-21(2,3)13-7-15-16(8-13)20(12-24)18-10-14(22(4,5)6)9-17(18)19(15)11-23/h7-10H,1-6H3. The lowest BCUT2D eigenvalue weighted by atomic mass is 9.86. The fourth-order valence-corrected chi connectivity index (χ4v) is 3.24. The minimum Gasteiger partial charge on any atom is -0.192 e. The maximum absolute atomic E-state index is 9.79. The summed E-state index contributed by atoms with van der Waals surface area (Å²) < 4.78 is 0. The first-order chi connectivity index (χ1) is 11.1. The molecule has 0 heterocycles. The van der Waals surface area contributed by atoms with Crippen molar-refractivity contribution in [2.24, 2.45) is 10.8 Å². The van der Waals surface area contributed by atoms with E-state index in [1.165, 1.54) is 0 Å². The average molecular weight is 314 g/mol. The van der Waals surface area contributed by atoms with Gasteiger partial charge in [0.1, 0.15) is 12.1 Å². The van der Waals surface area contributed by atoms with E-state index in [-0.39, 0.29) is 10.8 Å². The van der Waals surface area contributed by atoms with Crippen LogP contribution >= 0.6 is 0 Å². The molecule has 24 heavy (non-hydrogen) atoms. The molecule has 0 saturated carbocycles. The van der Waals surface area contributed by atoms with Crippen molar-refractivity contribution in [2.75, 3.05) is 0 Å². The number of allylic oxidation sites excluding steroid dienone is 2. The molecule has 3 rings (SSSR count). The largest absolute Gasteiger partial charge is 0.192 e. The summed E-state index contributed by atoms with van der Waals surface area (Å²) >= 11 is 0. The molecule has 2 aliphatic rings. The predicted octanol–water partition coefficient (Wildman–Crippen LogP) is 3.88. The molecule has 120 valence electrons. The monoisotopic (exact) mass is 314 g/mol. The van der Waals surface area contributed by atoms with Gasteiger partial charge in [-0.05, 0) is 46.3 Å². The van der Waals surface area contributed by atoms with Crippen molar-refractivity contribution in [3.63, 3.8) is 0 Å².